The number of hydrogen-bond donors (Lipinski definition) is 1. The number of aryl methyl sites for hydroxylation is 1. The van der Waals surface area contributed by atoms with Crippen LogP contribution in [-0.4, -0.2) is 27.6 Å². The van der Waals surface area contributed by atoms with Crippen molar-refractivity contribution in [1.29, 1.82) is 0 Å². The number of benzene rings is 1. The Morgan fingerprint density at radius 3 is 3.05 bits per heavy atom. The molecule has 1 heterocycles. The van der Waals surface area contributed by atoms with E-state index in [4.69, 9.17) is 16.3 Å². The van der Waals surface area contributed by atoms with E-state index >= 15 is 0 Å². The van der Waals surface area contributed by atoms with E-state index in [0.717, 1.165) is 28.6 Å². The maximum absolute atomic E-state index is 5.99. The van der Waals surface area contributed by atoms with Gasteiger partial charge in [0.15, 0.2) is 0 Å². The molecule has 1 aromatic carbocycles. The largest absolute Gasteiger partial charge is 0.492 e. The molecular weight excluding hydrogens is 288 g/mol. The van der Waals surface area contributed by atoms with Gasteiger partial charge in [-0.2, -0.15) is 0 Å². The summed E-state index contributed by atoms with van der Waals surface area (Å²) in [5.74, 6) is 0.827. The Bertz CT molecular complexity index is 609. The predicted octanol–water partition coefficient (Wildman–Crippen LogP) is 2.57. The van der Waals surface area contributed by atoms with E-state index in [9.17, 15) is 0 Å². The Balaban J connectivity index is 1.44. The maximum atomic E-state index is 5.99. The molecule has 0 spiro atoms. The van der Waals surface area contributed by atoms with Crippen molar-refractivity contribution in [1.82, 2.24) is 20.3 Å². The second kappa shape index (κ2) is 6.45. The number of hydrogen-bond acceptors (Lipinski definition) is 4. The van der Waals surface area contributed by atoms with Crippen LogP contribution in [0.1, 0.15) is 24.1 Å². The summed E-state index contributed by atoms with van der Waals surface area (Å²) in [6.45, 7) is 3.99. The summed E-state index contributed by atoms with van der Waals surface area (Å²) < 4.78 is 7.51. The zero-order chi connectivity index (χ0) is 14.7. The zero-order valence-corrected chi connectivity index (χ0v) is 12.8. The third-order valence-corrected chi connectivity index (χ3v) is 3.88. The molecule has 1 aliphatic carbocycles. The van der Waals surface area contributed by atoms with Crippen LogP contribution in [-0.2, 0) is 13.1 Å². The van der Waals surface area contributed by atoms with E-state index in [-0.39, 0.29) is 0 Å². The van der Waals surface area contributed by atoms with Crippen molar-refractivity contribution in [2.75, 3.05) is 6.61 Å². The third kappa shape index (κ3) is 4.19. The number of rotatable bonds is 7. The minimum absolute atomic E-state index is 0.555. The molecule has 1 fully saturated rings. The molecule has 0 radical (unpaired) electrons. The average molecular weight is 307 g/mol. The third-order valence-electron chi connectivity index (χ3n) is 3.45. The highest BCUT2D eigenvalue weighted by molar-refractivity contribution is 6.31. The van der Waals surface area contributed by atoms with Crippen molar-refractivity contribution in [2.45, 2.75) is 38.9 Å². The molecule has 1 aromatic heterocycles. The summed E-state index contributed by atoms with van der Waals surface area (Å²) >= 11 is 5.99. The molecule has 0 bridgehead atoms. The molecule has 6 heteroatoms. The minimum Gasteiger partial charge on any atom is -0.492 e. The summed E-state index contributed by atoms with van der Waals surface area (Å²) in [5, 5.41) is 12.4. The molecule has 0 aliphatic heterocycles. The van der Waals surface area contributed by atoms with Crippen LogP contribution < -0.4 is 10.1 Å². The molecule has 0 saturated heterocycles. The van der Waals surface area contributed by atoms with E-state index in [1.807, 2.05) is 36.0 Å². The SMILES string of the molecule is Cc1cc(OCCn2cc(CNC3CC3)nn2)ccc1Cl. The van der Waals surface area contributed by atoms with Gasteiger partial charge in [0, 0.05) is 23.8 Å². The van der Waals surface area contributed by atoms with Gasteiger partial charge in [-0.05, 0) is 43.5 Å². The Kier molecular flexibility index (Phi) is 4.41. The van der Waals surface area contributed by atoms with Gasteiger partial charge in [-0.25, -0.2) is 4.68 Å². The van der Waals surface area contributed by atoms with Crippen molar-refractivity contribution in [3.05, 3.63) is 40.7 Å². The summed E-state index contributed by atoms with van der Waals surface area (Å²) in [5.41, 5.74) is 1.99. The molecule has 1 aliphatic rings. The van der Waals surface area contributed by atoms with Crippen molar-refractivity contribution in [2.24, 2.45) is 0 Å². The first-order chi connectivity index (χ1) is 10.2. The van der Waals surface area contributed by atoms with Crippen molar-refractivity contribution >= 4 is 11.6 Å². The fraction of sp³-hybridized carbons (Fsp3) is 0.467. The van der Waals surface area contributed by atoms with Crippen LogP contribution in [0.2, 0.25) is 5.02 Å². The lowest BCUT2D eigenvalue weighted by molar-refractivity contribution is 0.289. The lowest BCUT2D eigenvalue weighted by Crippen LogP contribution is -2.15. The van der Waals surface area contributed by atoms with Crippen molar-refractivity contribution in [3.8, 4) is 5.75 Å². The number of aromatic nitrogens is 3. The van der Waals surface area contributed by atoms with Gasteiger partial charge in [-0.3, -0.25) is 0 Å². The highest BCUT2D eigenvalue weighted by Crippen LogP contribution is 2.21. The van der Waals surface area contributed by atoms with Gasteiger partial charge >= 0.3 is 0 Å². The topological polar surface area (TPSA) is 52.0 Å². The molecule has 2 aromatic rings. The van der Waals surface area contributed by atoms with Crippen LogP contribution in [0, 0.1) is 6.92 Å². The standard InChI is InChI=1S/C15H19ClN4O/c1-11-8-14(4-5-15(11)16)21-7-6-20-10-13(18-19-20)9-17-12-2-3-12/h4-5,8,10,12,17H,2-3,6-7,9H2,1H3. The van der Waals surface area contributed by atoms with Crippen LogP contribution >= 0.6 is 11.6 Å². The minimum atomic E-state index is 0.555. The lowest BCUT2D eigenvalue weighted by Gasteiger charge is -2.07. The Labute approximate surface area is 129 Å². The number of nitrogens with zero attached hydrogens (tertiary/aromatic N) is 3. The highest BCUT2D eigenvalue weighted by Gasteiger charge is 2.20. The first kappa shape index (κ1) is 14.4. The summed E-state index contributed by atoms with van der Waals surface area (Å²) in [6, 6.07) is 6.35. The molecule has 0 atom stereocenters. The van der Waals surface area contributed by atoms with Crippen LogP contribution in [0.5, 0.6) is 5.75 Å². The Morgan fingerprint density at radius 2 is 2.29 bits per heavy atom. The smallest absolute Gasteiger partial charge is 0.119 e. The van der Waals surface area contributed by atoms with Gasteiger partial charge in [-0.15, -0.1) is 5.10 Å². The zero-order valence-electron chi connectivity index (χ0n) is 12.1. The first-order valence-corrected chi connectivity index (χ1v) is 7.60. The lowest BCUT2D eigenvalue weighted by atomic mass is 10.2. The van der Waals surface area contributed by atoms with Crippen LogP contribution in [0.25, 0.3) is 0 Å². The second-order valence-corrected chi connectivity index (χ2v) is 5.79. The molecule has 3 rings (SSSR count). The Morgan fingerprint density at radius 1 is 1.43 bits per heavy atom. The van der Waals surface area contributed by atoms with Crippen LogP contribution in [0.15, 0.2) is 24.4 Å². The van der Waals surface area contributed by atoms with Crippen LogP contribution in [0.4, 0.5) is 0 Å². The van der Waals surface area contributed by atoms with E-state index < -0.39 is 0 Å². The monoisotopic (exact) mass is 306 g/mol. The second-order valence-electron chi connectivity index (χ2n) is 5.39. The van der Waals surface area contributed by atoms with Crippen molar-refractivity contribution < 1.29 is 4.74 Å². The summed E-state index contributed by atoms with van der Waals surface area (Å²) in [4.78, 5) is 0. The predicted molar refractivity (Wildman–Crippen MR) is 81.6 cm³/mol. The first-order valence-electron chi connectivity index (χ1n) is 7.22. The van der Waals surface area contributed by atoms with Gasteiger partial charge in [0.1, 0.15) is 12.4 Å². The number of halogens is 1. The highest BCUT2D eigenvalue weighted by atomic mass is 35.5. The normalized spacial score (nSPS) is 14.4. The van der Waals surface area contributed by atoms with E-state index in [1.54, 1.807) is 0 Å². The molecule has 112 valence electrons. The van der Waals surface area contributed by atoms with E-state index in [0.29, 0.717) is 19.2 Å². The molecule has 0 amide bonds. The molecule has 1 saturated carbocycles. The number of nitrogens with one attached hydrogen (secondary N) is 1. The van der Waals surface area contributed by atoms with Gasteiger partial charge in [0.2, 0.25) is 0 Å². The fourth-order valence-electron chi connectivity index (χ4n) is 2.03. The van der Waals surface area contributed by atoms with Crippen molar-refractivity contribution in [3.63, 3.8) is 0 Å². The molecule has 5 nitrogen and oxygen atoms in total. The van der Waals surface area contributed by atoms with Gasteiger partial charge < -0.3 is 10.1 Å². The van der Waals surface area contributed by atoms with Gasteiger partial charge in [0.05, 0.1) is 12.2 Å². The molecule has 21 heavy (non-hydrogen) atoms. The quantitative estimate of drug-likeness (QED) is 0.854. The summed E-state index contributed by atoms with van der Waals surface area (Å²) in [7, 11) is 0. The van der Waals surface area contributed by atoms with E-state index in [2.05, 4.69) is 15.6 Å². The van der Waals surface area contributed by atoms with E-state index in [1.165, 1.54) is 12.8 Å². The van der Waals surface area contributed by atoms with Gasteiger partial charge in [0.25, 0.3) is 0 Å². The van der Waals surface area contributed by atoms with Crippen LogP contribution in [0.3, 0.4) is 0 Å². The fourth-order valence-corrected chi connectivity index (χ4v) is 2.15. The molecule has 0 unspecified atom stereocenters. The molecular formula is C15H19ClN4O. The summed E-state index contributed by atoms with van der Waals surface area (Å²) in [6.07, 6.45) is 4.52. The molecule has 1 N–H and O–H groups in total. The maximum Gasteiger partial charge on any atom is 0.119 e. The average Bonchev–Trinajstić information content (AvgIpc) is 3.20. The van der Waals surface area contributed by atoms with Gasteiger partial charge in [-0.1, -0.05) is 16.8 Å². The number of ether oxygens (including phenoxy) is 1. The Hall–Kier alpha value is -1.59.